The summed E-state index contributed by atoms with van der Waals surface area (Å²) in [6, 6.07) is 0. The molecule has 0 atom stereocenters. The highest BCUT2D eigenvalue weighted by Gasteiger charge is 2.23. The van der Waals surface area contributed by atoms with Crippen molar-refractivity contribution in [1.29, 1.82) is 0 Å². The fourth-order valence-electron chi connectivity index (χ4n) is 1.24. The molecule has 1 rings (SSSR count). The fraction of sp³-hybridized carbons (Fsp3) is 0.455. The first-order valence-electron chi connectivity index (χ1n) is 5.67. The smallest absolute Gasteiger partial charge is 0.372 e. The molecule has 98 valence electrons. The number of nitrogens with one attached hydrogen (secondary N) is 1. The first kappa shape index (κ1) is 13.9. The number of rotatable bonds is 8. The molecule has 1 aromatic heterocycles. The number of nitrogens with zero attached hydrogens (tertiary/aromatic N) is 3. The molecule has 0 radical (unpaired) electrons. The second-order valence-corrected chi connectivity index (χ2v) is 3.50. The lowest BCUT2D eigenvalue weighted by Gasteiger charge is -2.07. The van der Waals surface area contributed by atoms with Gasteiger partial charge in [0.1, 0.15) is 6.33 Å². The molecule has 0 aliphatic carbocycles. The number of ether oxygens (including phenoxy) is 1. The molecule has 18 heavy (non-hydrogen) atoms. The Hall–Kier alpha value is -2.18. The van der Waals surface area contributed by atoms with Crippen LogP contribution < -0.4 is 10.1 Å². The molecule has 0 fully saturated rings. The van der Waals surface area contributed by atoms with Crippen LogP contribution in [0, 0.1) is 10.1 Å². The van der Waals surface area contributed by atoms with Gasteiger partial charge >= 0.3 is 5.69 Å². The van der Waals surface area contributed by atoms with Crippen LogP contribution in [0.4, 0.5) is 11.5 Å². The average molecular weight is 252 g/mol. The van der Waals surface area contributed by atoms with E-state index in [0.717, 1.165) is 12.8 Å². The van der Waals surface area contributed by atoms with E-state index in [4.69, 9.17) is 4.74 Å². The minimum Gasteiger partial charge on any atom is -0.473 e. The van der Waals surface area contributed by atoms with Crippen LogP contribution in [0.2, 0.25) is 0 Å². The monoisotopic (exact) mass is 252 g/mol. The zero-order valence-corrected chi connectivity index (χ0v) is 10.3. The Morgan fingerprint density at radius 2 is 2.39 bits per heavy atom. The van der Waals surface area contributed by atoms with Crippen molar-refractivity contribution in [2.45, 2.75) is 19.8 Å². The van der Waals surface area contributed by atoms with Gasteiger partial charge in [-0.05, 0) is 6.42 Å². The molecular weight excluding hydrogens is 236 g/mol. The standard InChI is InChI=1S/C11H16N4O3/c1-3-5-7-18-11-9(15(16)17)10(12-6-4-2)13-8-14-11/h4,8H,2-3,5-7H2,1H3,(H,12,13,14). The third kappa shape index (κ3) is 3.69. The highest BCUT2D eigenvalue weighted by molar-refractivity contribution is 5.61. The second-order valence-electron chi connectivity index (χ2n) is 3.50. The Morgan fingerprint density at radius 1 is 1.61 bits per heavy atom. The van der Waals surface area contributed by atoms with Crippen molar-refractivity contribution >= 4 is 11.5 Å². The van der Waals surface area contributed by atoms with Gasteiger partial charge in [-0.1, -0.05) is 19.4 Å². The van der Waals surface area contributed by atoms with E-state index in [9.17, 15) is 10.1 Å². The van der Waals surface area contributed by atoms with Crippen LogP contribution in [0.1, 0.15) is 19.8 Å². The fourth-order valence-corrected chi connectivity index (χ4v) is 1.24. The summed E-state index contributed by atoms with van der Waals surface area (Å²) >= 11 is 0. The number of nitro groups is 1. The van der Waals surface area contributed by atoms with E-state index < -0.39 is 4.92 Å². The molecular formula is C11H16N4O3. The second kappa shape index (κ2) is 7.21. The lowest BCUT2D eigenvalue weighted by atomic mass is 10.3. The van der Waals surface area contributed by atoms with Crippen molar-refractivity contribution in [3.05, 3.63) is 29.1 Å². The Balaban J connectivity index is 2.93. The summed E-state index contributed by atoms with van der Waals surface area (Å²) in [5.41, 5.74) is -0.240. The maximum absolute atomic E-state index is 11.0. The molecule has 0 bridgehead atoms. The minimum atomic E-state index is -0.549. The Bertz CT molecular complexity index is 423. The minimum absolute atomic E-state index is 0.00462. The lowest BCUT2D eigenvalue weighted by molar-refractivity contribution is -0.385. The molecule has 0 aliphatic heterocycles. The molecule has 0 spiro atoms. The van der Waals surface area contributed by atoms with Crippen LogP contribution in [0.3, 0.4) is 0 Å². The van der Waals surface area contributed by atoms with Gasteiger partial charge in [-0.15, -0.1) is 6.58 Å². The Morgan fingerprint density at radius 3 is 3.00 bits per heavy atom. The molecule has 7 heteroatoms. The summed E-state index contributed by atoms with van der Waals surface area (Å²) < 4.78 is 5.30. The van der Waals surface area contributed by atoms with Gasteiger partial charge < -0.3 is 10.1 Å². The van der Waals surface area contributed by atoms with Gasteiger partial charge in [0, 0.05) is 6.54 Å². The molecule has 0 aromatic carbocycles. The molecule has 0 saturated carbocycles. The van der Waals surface area contributed by atoms with Crippen molar-refractivity contribution < 1.29 is 9.66 Å². The summed E-state index contributed by atoms with van der Waals surface area (Å²) in [7, 11) is 0. The summed E-state index contributed by atoms with van der Waals surface area (Å²) in [4.78, 5) is 18.1. The zero-order valence-electron chi connectivity index (χ0n) is 10.3. The van der Waals surface area contributed by atoms with E-state index in [0.29, 0.717) is 13.2 Å². The van der Waals surface area contributed by atoms with E-state index >= 15 is 0 Å². The average Bonchev–Trinajstić information content (AvgIpc) is 2.36. The van der Waals surface area contributed by atoms with Gasteiger partial charge in [-0.3, -0.25) is 10.1 Å². The van der Waals surface area contributed by atoms with Crippen LogP contribution in [0.5, 0.6) is 5.88 Å². The predicted molar refractivity (Wildman–Crippen MR) is 67.8 cm³/mol. The quantitative estimate of drug-likeness (QED) is 0.330. The van der Waals surface area contributed by atoms with Gasteiger partial charge in [-0.2, -0.15) is 4.98 Å². The first-order chi connectivity index (χ1) is 8.70. The number of hydrogen-bond donors (Lipinski definition) is 1. The lowest BCUT2D eigenvalue weighted by Crippen LogP contribution is -2.08. The topological polar surface area (TPSA) is 90.2 Å². The van der Waals surface area contributed by atoms with E-state index in [1.807, 2.05) is 6.92 Å². The van der Waals surface area contributed by atoms with Gasteiger partial charge in [0.15, 0.2) is 0 Å². The Labute approximate surface area is 105 Å². The number of hydrogen-bond acceptors (Lipinski definition) is 6. The summed E-state index contributed by atoms with van der Waals surface area (Å²) in [5.74, 6) is 0.136. The predicted octanol–water partition coefficient (Wildman–Crippen LogP) is 2.16. The molecule has 0 aliphatic rings. The van der Waals surface area contributed by atoms with Gasteiger partial charge in [0.05, 0.1) is 11.5 Å². The first-order valence-corrected chi connectivity index (χ1v) is 5.67. The zero-order chi connectivity index (χ0) is 13.4. The van der Waals surface area contributed by atoms with Crippen molar-refractivity contribution in [3.63, 3.8) is 0 Å². The molecule has 1 heterocycles. The van der Waals surface area contributed by atoms with Gasteiger partial charge in [0.2, 0.25) is 5.82 Å². The van der Waals surface area contributed by atoms with E-state index in [2.05, 4.69) is 21.9 Å². The summed E-state index contributed by atoms with van der Waals surface area (Å²) in [6.45, 7) is 6.31. The molecule has 1 N–H and O–H groups in total. The molecule has 1 aromatic rings. The van der Waals surface area contributed by atoms with Crippen LogP contribution in [-0.4, -0.2) is 28.0 Å². The van der Waals surface area contributed by atoms with E-state index in [-0.39, 0.29) is 17.4 Å². The third-order valence-electron chi connectivity index (χ3n) is 2.12. The van der Waals surface area contributed by atoms with Crippen LogP contribution >= 0.6 is 0 Å². The number of anilines is 1. The maximum Gasteiger partial charge on any atom is 0.372 e. The van der Waals surface area contributed by atoms with Gasteiger partial charge in [-0.25, -0.2) is 4.98 Å². The van der Waals surface area contributed by atoms with E-state index in [1.54, 1.807) is 6.08 Å². The van der Waals surface area contributed by atoms with Crippen LogP contribution in [0.15, 0.2) is 19.0 Å². The highest BCUT2D eigenvalue weighted by atomic mass is 16.6. The molecule has 0 saturated heterocycles. The maximum atomic E-state index is 11.0. The number of unbranched alkanes of at least 4 members (excludes halogenated alkanes) is 1. The van der Waals surface area contributed by atoms with Crippen molar-refractivity contribution in [2.75, 3.05) is 18.5 Å². The van der Waals surface area contributed by atoms with Crippen molar-refractivity contribution in [2.24, 2.45) is 0 Å². The Kier molecular flexibility index (Phi) is 5.56. The van der Waals surface area contributed by atoms with Crippen molar-refractivity contribution in [3.8, 4) is 5.88 Å². The normalized spacial score (nSPS) is 9.83. The molecule has 7 nitrogen and oxygen atoms in total. The SMILES string of the molecule is C=CCNc1ncnc(OCCCC)c1[N+](=O)[O-]. The van der Waals surface area contributed by atoms with Gasteiger partial charge in [0.25, 0.3) is 5.88 Å². The largest absolute Gasteiger partial charge is 0.473 e. The molecule has 0 unspecified atom stereocenters. The third-order valence-corrected chi connectivity index (χ3v) is 2.12. The van der Waals surface area contributed by atoms with E-state index in [1.165, 1.54) is 6.33 Å². The molecule has 0 amide bonds. The highest BCUT2D eigenvalue weighted by Crippen LogP contribution is 2.30. The van der Waals surface area contributed by atoms with Crippen molar-refractivity contribution in [1.82, 2.24) is 9.97 Å². The van der Waals surface area contributed by atoms with Crippen LogP contribution in [-0.2, 0) is 0 Å². The number of aromatic nitrogens is 2. The summed E-state index contributed by atoms with van der Waals surface area (Å²) in [5, 5.41) is 13.8. The van der Waals surface area contributed by atoms with Crippen LogP contribution in [0.25, 0.3) is 0 Å². The summed E-state index contributed by atoms with van der Waals surface area (Å²) in [6.07, 6.45) is 4.58.